The van der Waals surface area contributed by atoms with Crippen molar-refractivity contribution < 1.29 is 23.9 Å². The number of primary amides is 1. The van der Waals surface area contributed by atoms with Gasteiger partial charge in [-0.25, -0.2) is 0 Å². The molecule has 0 aromatic heterocycles. The first-order valence-corrected chi connectivity index (χ1v) is 11.2. The Morgan fingerprint density at radius 2 is 1.68 bits per heavy atom. The highest BCUT2D eigenvalue weighted by Crippen LogP contribution is 2.29. The zero-order valence-corrected chi connectivity index (χ0v) is 19.7. The average Bonchev–Trinajstić information content (AvgIpc) is 3.20. The van der Waals surface area contributed by atoms with E-state index in [-0.39, 0.29) is 12.0 Å². The normalized spacial score (nSPS) is 18.9. The van der Waals surface area contributed by atoms with Crippen LogP contribution >= 0.6 is 0 Å². The largest absolute Gasteiger partial charge is 0.367 e. The third kappa shape index (κ3) is 6.08. The summed E-state index contributed by atoms with van der Waals surface area (Å²) in [5.41, 5.74) is 6.54. The molecule has 1 saturated heterocycles. The summed E-state index contributed by atoms with van der Waals surface area (Å²) < 4.78 is 5.22. The quantitative estimate of drug-likeness (QED) is 0.585. The molecular formula is C26H31N3O5. The number of ether oxygens (including phenoxy) is 1. The van der Waals surface area contributed by atoms with Crippen molar-refractivity contribution in [3.8, 4) is 0 Å². The van der Waals surface area contributed by atoms with Crippen molar-refractivity contribution in [2.45, 2.75) is 44.9 Å². The standard InChI is InChI=1S/C26H31N3O5/c1-26(2,14-17-10-6-4-7-11-17)15-19(28-24(32)18-12-8-5-9-13-18)25(33)29(3)21-20(30)16-34-22(21)23(27)31/h4-13,19,21-22H,14-16H2,1-3H3,(H2,27,31)(H,28,32)/t19?,21?,22-/m0/s1. The number of amides is 3. The van der Waals surface area contributed by atoms with Crippen LogP contribution in [-0.2, 0) is 25.5 Å². The second-order valence-corrected chi connectivity index (χ2v) is 9.42. The van der Waals surface area contributed by atoms with E-state index in [9.17, 15) is 19.2 Å². The van der Waals surface area contributed by atoms with Gasteiger partial charge < -0.3 is 20.7 Å². The summed E-state index contributed by atoms with van der Waals surface area (Å²) in [6.07, 6.45) is -0.228. The Morgan fingerprint density at radius 3 is 2.26 bits per heavy atom. The van der Waals surface area contributed by atoms with E-state index in [2.05, 4.69) is 5.32 Å². The van der Waals surface area contributed by atoms with Gasteiger partial charge in [-0.3, -0.25) is 19.2 Å². The lowest BCUT2D eigenvalue weighted by molar-refractivity contribution is -0.141. The van der Waals surface area contributed by atoms with Crippen molar-refractivity contribution in [3.05, 3.63) is 71.8 Å². The second kappa shape index (κ2) is 10.6. The van der Waals surface area contributed by atoms with E-state index < -0.39 is 41.7 Å². The van der Waals surface area contributed by atoms with E-state index in [1.54, 1.807) is 30.3 Å². The summed E-state index contributed by atoms with van der Waals surface area (Å²) in [6, 6.07) is 16.4. The molecule has 8 heteroatoms. The third-order valence-electron chi connectivity index (χ3n) is 5.99. The minimum absolute atomic E-state index is 0.295. The summed E-state index contributed by atoms with van der Waals surface area (Å²) >= 11 is 0. The molecular weight excluding hydrogens is 434 g/mol. The molecule has 3 amide bonds. The Labute approximate surface area is 199 Å². The van der Waals surface area contributed by atoms with Crippen molar-refractivity contribution >= 4 is 23.5 Å². The Hall–Kier alpha value is -3.52. The predicted octanol–water partition coefficient (Wildman–Crippen LogP) is 1.72. The van der Waals surface area contributed by atoms with Gasteiger partial charge in [0.05, 0.1) is 0 Å². The summed E-state index contributed by atoms with van der Waals surface area (Å²) in [7, 11) is 1.43. The van der Waals surface area contributed by atoms with Crippen LogP contribution in [0.5, 0.6) is 0 Å². The minimum atomic E-state index is -1.22. The van der Waals surface area contributed by atoms with Crippen molar-refractivity contribution in [3.63, 3.8) is 0 Å². The van der Waals surface area contributed by atoms with Gasteiger partial charge in [0.2, 0.25) is 11.8 Å². The van der Waals surface area contributed by atoms with E-state index in [4.69, 9.17) is 10.5 Å². The third-order valence-corrected chi connectivity index (χ3v) is 5.99. The van der Waals surface area contributed by atoms with Crippen molar-refractivity contribution in [1.82, 2.24) is 10.2 Å². The lowest BCUT2D eigenvalue weighted by Crippen LogP contribution is -2.56. The van der Waals surface area contributed by atoms with E-state index >= 15 is 0 Å². The highest BCUT2D eigenvalue weighted by Gasteiger charge is 2.45. The minimum Gasteiger partial charge on any atom is -0.367 e. The van der Waals surface area contributed by atoms with E-state index in [1.807, 2.05) is 44.2 Å². The van der Waals surface area contributed by atoms with Gasteiger partial charge in [0.25, 0.3) is 5.91 Å². The molecule has 8 nitrogen and oxygen atoms in total. The number of likely N-dealkylation sites (N-methyl/N-ethyl adjacent to an activating group) is 1. The molecule has 2 aromatic carbocycles. The number of nitrogens with one attached hydrogen (secondary N) is 1. The predicted molar refractivity (Wildman–Crippen MR) is 127 cm³/mol. The topological polar surface area (TPSA) is 119 Å². The molecule has 1 fully saturated rings. The zero-order valence-electron chi connectivity index (χ0n) is 19.7. The maximum atomic E-state index is 13.6. The number of Topliss-reactive ketones (excluding diaryl/α,β-unsaturated/α-hetero) is 1. The van der Waals surface area contributed by atoms with Crippen LogP contribution in [0.2, 0.25) is 0 Å². The molecule has 1 aliphatic heterocycles. The molecule has 2 unspecified atom stereocenters. The first kappa shape index (κ1) is 25.1. The number of ketones is 1. The first-order chi connectivity index (χ1) is 16.1. The van der Waals surface area contributed by atoms with Crippen molar-refractivity contribution in [1.29, 1.82) is 0 Å². The van der Waals surface area contributed by atoms with Gasteiger partial charge in [0.1, 0.15) is 18.7 Å². The molecule has 3 atom stereocenters. The fraction of sp³-hybridized carbons (Fsp3) is 0.385. The zero-order chi connectivity index (χ0) is 24.9. The summed E-state index contributed by atoms with van der Waals surface area (Å²) in [5.74, 6) is -2.11. The summed E-state index contributed by atoms with van der Waals surface area (Å²) in [6.45, 7) is 3.74. The van der Waals surface area contributed by atoms with Gasteiger partial charge in [-0.1, -0.05) is 62.4 Å². The van der Waals surface area contributed by atoms with Crippen LogP contribution < -0.4 is 11.1 Å². The Kier molecular flexibility index (Phi) is 7.83. The average molecular weight is 466 g/mol. The van der Waals surface area contributed by atoms with Gasteiger partial charge in [0, 0.05) is 12.6 Å². The number of rotatable bonds is 9. The fourth-order valence-electron chi connectivity index (χ4n) is 4.36. The molecule has 180 valence electrons. The Balaban J connectivity index is 1.85. The number of benzene rings is 2. The van der Waals surface area contributed by atoms with Gasteiger partial charge >= 0.3 is 0 Å². The first-order valence-electron chi connectivity index (χ1n) is 11.2. The molecule has 34 heavy (non-hydrogen) atoms. The maximum absolute atomic E-state index is 13.6. The number of nitrogens with two attached hydrogens (primary N) is 1. The molecule has 3 rings (SSSR count). The number of nitrogens with zero attached hydrogens (tertiary/aromatic N) is 1. The molecule has 0 aliphatic carbocycles. The Morgan fingerprint density at radius 1 is 1.09 bits per heavy atom. The van der Waals surface area contributed by atoms with Gasteiger partial charge in [-0.05, 0) is 36.0 Å². The van der Waals surface area contributed by atoms with Crippen LogP contribution in [0.25, 0.3) is 0 Å². The highest BCUT2D eigenvalue weighted by atomic mass is 16.5. The van der Waals surface area contributed by atoms with Crippen LogP contribution in [0.4, 0.5) is 0 Å². The number of hydrogen-bond acceptors (Lipinski definition) is 5. The molecule has 0 radical (unpaired) electrons. The maximum Gasteiger partial charge on any atom is 0.251 e. The second-order valence-electron chi connectivity index (χ2n) is 9.42. The van der Waals surface area contributed by atoms with Gasteiger partial charge in [0.15, 0.2) is 11.9 Å². The van der Waals surface area contributed by atoms with Crippen LogP contribution in [-0.4, -0.2) is 60.2 Å². The Bertz CT molecular complexity index is 1040. The van der Waals surface area contributed by atoms with Crippen LogP contribution in [0.15, 0.2) is 60.7 Å². The lowest BCUT2D eigenvalue weighted by atomic mass is 9.79. The molecule has 1 aliphatic rings. The van der Waals surface area contributed by atoms with Crippen molar-refractivity contribution in [2.24, 2.45) is 11.1 Å². The SMILES string of the molecule is CN(C(=O)C(CC(C)(C)Cc1ccccc1)NC(=O)c1ccccc1)C1C(=O)CO[C@@H]1C(N)=O. The molecule has 0 spiro atoms. The smallest absolute Gasteiger partial charge is 0.251 e. The highest BCUT2D eigenvalue weighted by molar-refractivity contribution is 6.01. The summed E-state index contributed by atoms with van der Waals surface area (Å²) in [4.78, 5) is 51.9. The van der Waals surface area contributed by atoms with Crippen LogP contribution in [0.1, 0.15) is 36.2 Å². The monoisotopic (exact) mass is 465 g/mol. The van der Waals surface area contributed by atoms with E-state index in [0.717, 1.165) is 5.56 Å². The van der Waals surface area contributed by atoms with Gasteiger partial charge in [-0.2, -0.15) is 0 Å². The number of carbonyl (C=O) groups excluding carboxylic acids is 4. The molecule has 2 aromatic rings. The van der Waals surface area contributed by atoms with E-state index in [1.165, 1.54) is 11.9 Å². The van der Waals surface area contributed by atoms with Crippen LogP contribution in [0, 0.1) is 5.41 Å². The van der Waals surface area contributed by atoms with E-state index in [0.29, 0.717) is 18.4 Å². The number of carbonyl (C=O) groups is 4. The van der Waals surface area contributed by atoms with Crippen LogP contribution in [0.3, 0.4) is 0 Å². The fourth-order valence-corrected chi connectivity index (χ4v) is 4.36. The lowest BCUT2D eigenvalue weighted by Gasteiger charge is -2.34. The summed E-state index contributed by atoms with van der Waals surface area (Å²) in [5, 5.41) is 2.84. The van der Waals surface area contributed by atoms with Crippen molar-refractivity contribution in [2.75, 3.05) is 13.7 Å². The molecule has 0 saturated carbocycles. The molecule has 3 N–H and O–H groups in total. The number of hydrogen-bond donors (Lipinski definition) is 2. The molecule has 1 heterocycles. The van der Waals surface area contributed by atoms with Gasteiger partial charge in [-0.15, -0.1) is 0 Å². The molecule has 0 bridgehead atoms.